The predicted molar refractivity (Wildman–Crippen MR) is 204 cm³/mol. The van der Waals surface area contributed by atoms with Crippen molar-refractivity contribution < 1.29 is 38.0 Å². The van der Waals surface area contributed by atoms with Crippen LogP contribution in [0.3, 0.4) is 0 Å². The first-order valence-electron chi connectivity index (χ1n) is 18.6. The number of aryl methyl sites for hydroxylation is 5. The Hall–Kier alpha value is -3.81. The lowest BCUT2D eigenvalue weighted by Crippen LogP contribution is -2.54. The fourth-order valence-electron chi connectivity index (χ4n) is 5.60. The van der Waals surface area contributed by atoms with E-state index in [4.69, 9.17) is 4.15 Å². The van der Waals surface area contributed by atoms with E-state index in [1.54, 1.807) is 0 Å². The zero-order valence-corrected chi connectivity index (χ0v) is 31.9. The molecular formula is C37H56ClN5O7S. The summed E-state index contributed by atoms with van der Waals surface area (Å²) in [7, 11) is 1.34. The minimum Gasteiger partial charge on any atom is -0.508 e. The van der Waals surface area contributed by atoms with Crippen molar-refractivity contribution in [3.8, 4) is 5.75 Å². The molecule has 51 heavy (non-hydrogen) atoms. The van der Waals surface area contributed by atoms with Gasteiger partial charge in [-0.3, -0.25) is 24.0 Å². The summed E-state index contributed by atoms with van der Waals surface area (Å²) in [6.07, 6.45) is 4.52. The number of amides is 4. The Morgan fingerprint density at radius 1 is 0.863 bits per heavy atom. The lowest BCUT2D eigenvalue weighted by Gasteiger charge is -2.23. The van der Waals surface area contributed by atoms with Gasteiger partial charge in [0.1, 0.15) is 19.2 Å². The molecule has 0 heterocycles. The normalized spacial score (nSPS) is 13.2. The van der Waals surface area contributed by atoms with E-state index in [-0.39, 0.29) is 63.1 Å². The maximum absolute atomic E-state index is 13.4. The highest BCUT2D eigenvalue weighted by atomic mass is 35.5. The second-order valence-corrected chi connectivity index (χ2v) is 13.4. The van der Waals surface area contributed by atoms with Crippen LogP contribution in [0.15, 0.2) is 24.3 Å². The van der Waals surface area contributed by atoms with Crippen LogP contribution in [0.4, 0.5) is 0 Å². The van der Waals surface area contributed by atoms with Crippen molar-refractivity contribution >= 4 is 53.8 Å². The summed E-state index contributed by atoms with van der Waals surface area (Å²) in [5.74, 6) is -2.13. The van der Waals surface area contributed by atoms with Gasteiger partial charge >= 0.3 is 5.97 Å². The monoisotopic (exact) mass is 752 g/mol. The second-order valence-electron chi connectivity index (χ2n) is 12.4. The summed E-state index contributed by atoms with van der Waals surface area (Å²) < 4.78 is 28.2. The fourth-order valence-corrected chi connectivity index (χ4v) is 6.08. The lowest BCUT2D eigenvalue weighted by molar-refractivity contribution is -0.140. The fraction of sp³-hybridized carbons (Fsp3) is 0.541. The highest BCUT2D eigenvalue weighted by Crippen LogP contribution is 2.22. The maximum atomic E-state index is 13.4. The molecule has 12 nitrogen and oxygen atoms in total. The van der Waals surface area contributed by atoms with E-state index < -0.39 is 42.4 Å². The quantitative estimate of drug-likeness (QED) is 0.0823. The molecule has 4 amide bonds. The van der Waals surface area contributed by atoms with Crippen molar-refractivity contribution in [1.29, 1.82) is 0 Å². The number of phenolic OH excluding ortho intramolecular Hbond substituents is 1. The molecule has 0 fully saturated rings. The number of carbonyl (C=O) groups excluding carboxylic acids is 5. The molecule has 0 aliphatic heterocycles. The van der Waals surface area contributed by atoms with Crippen LogP contribution in [0.1, 0.15) is 73.8 Å². The van der Waals surface area contributed by atoms with Gasteiger partial charge in [-0.2, -0.15) is 11.8 Å². The average molecular weight is 753 g/mol. The summed E-state index contributed by atoms with van der Waals surface area (Å²) in [5.41, 5.74) is 7.53. The Kier molecular flexibility index (Phi) is 17.9. The van der Waals surface area contributed by atoms with Crippen LogP contribution in [-0.4, -0.2) is 85.0 Å². The van der Waals surface area contributed by atoms with Gasteiger partial charge < -0.3 is 36.8 Å². The summed E-state index contributed by atoms with van der Waals surface area (Å²) >= 11 is 1.46. The molecule has 2 aromatic carbocycles. The molecule has 284 valence electrons. The summed E-state index contributed by atoms with van der Waals surface area (Å²) in [5, 5.41) is 20.9. The minimum absolute atomic E-state index is 0. The largest absolute Gasteiger partial charge is 0.508 e. The van der Waals surface area contributed by atoms with Gasteiger partial charge in [-0.15, -0.1) is 12.4 Å². The number of nitrogens with two attached hydrogens (primary N) is 1. The third-order valence-corrected chi connectivity index (χ3v) is 8.94. The molecule has 2 aromatic rings. The zero-order chi connectivity index (χ0) is 39.5. The smallest absolute Gasteiger partial charge is 0.305 e. The van der Waals surface area contributed by atoms with Gasteiger partial charge in [-0.05, 0) is 118 Å². The Labute approximate surface area is 316 Å². The molecule has 0 aliphatic rings. The Balaban J connectivity index is 0.0000146. The van der Waals surface area contributed by atoms with Crippen molar-refractivity contribution in [1.82, 2.24) is 21.3 Å². The topological polar surface area (TPSA) is 189 Å². The van der Waals surface area contributed by atoms with Crippen molar-refractivity contribution in [2.75, 3.05) is 32.2 Å². The number of phenols is 1. The highest BCUT2D eigenvalue weighted by molar-refractivity contribution is 7.98. The van der Waals surface area contributed by atoms with Gasteiger partial charge in [0, 0.05) is 22.1 Å². The zero-order valence-electron chi connectivity index (χ0n) is 33.2. The van der Waals surface area contributed by atoms with Crippen molar-refractivity contribution in [2.45, 2.75) is 97.6 Å². The van der Waals surface area contributed by atoms with E-state index in [0.29, 0.717) is 54.7 Å². The average Bonchev–Trinajstić information content (AvgIpc) is 3.13. The second kappa shape index (κ2) is 22.9. The number of nitrogens with one attached hydrogen (secondary N) is 4. The van der Waals surface area contributed by atoms with Crippen LogP contribution >= 0.6 is 24.2 Å². The number of thioether (sulfide) groups is 1. The molecule has 0 bridgehead atoms. The number of hydrogen-bond donors (Lipinski definition) is 6. The molecule has 7 N–H and O–H groups in total. The number of rotatable bonds is 21. The van der Waals surface area contributed by atoms with Crippen molar-refractivity contribution in [3.05, 3.63) is 63.2 Å². The predicted octanol–water partition coefficient (Wildman–Crippen LogP) is 3.16. The first-order chi connectivity index (χ1) is 25.3. The van der Waals surface area contributed by atoms with Gasteiger partial charge in [0.25, 0.3) is 0 Å². The van der Waals surface area contributed by atoms with Gasteiger partial charge in [0.2, 0.25) is 23.6 Å². The molecule has 0 aliphatic carbocycles. The summed E-state index contributed by atoms with van der Waals surface area (Å²) in [4.78, 5) is 64.7. The standard InChI is InChI=1S/C37H55N5O7S.ClH/c1-22-15-23(2)29(24(3)16-22)20-32(37(48)39-13-10-8-9-11-34(45)49-6)41-33(44)21-40-36(47)31(12-14-50-7)42-35(46)30(38)19-28-25(4)17-27(43)18-26(28)5;/h15-18,30-32,43H,8-14,19-21,38H2,1-7H3,(H,39,48)(H,40,47)(H,41,44)(H,42,46);1H/t30-,31-,32-;/m0./s1/i4D,5D;/hD. The molecule has 3 atom stereocenters. The molecule has 0 saturated heterocycles. The highest BCUT2D eigenvalue weighted by Gasteiger charge is 2.27. The van der Waals surface area contributed by atoms with Crippen molar-refractivity contribution in [3.63, 3.8) is 0 Å². The number of unbranched alkanes of at least 4 members (excludes halogenated alkanes) is 2. The first-order valence-corrected chi connectivity index (χ1v) is 18.0. The number of esters is 1. The number of hydrogen-bond acceptors (Lipinski definition) is 9. The molecule has 0 aromatic heterocycles. The van der Waals surface area contributed by atoms with E-state index in [2.05, 4.69) is 31.7 Å². The third kappa shape index (κ3) is 15.5. The van der Waals surface area contributed by atoms with Crippen LogP contribution in [0.2, 0.25) is 1.41 Å². The van der Waals surface area contributed by atoms with E-state index in [9.17, 15) is 29.1 Å². The Morgan fingerprint density at radius 3 is 2.08 bits per heavy atom. The van der Waals surface area contributed by atoms with E-state index in [0.717, 1.165) is 22.3 Å². The number of ether oxygens (including phenoxy) is 1. The van der Waals surface area contributed by atoms with Gasteiger partial charge in [-0.25, -0.2) is 0 Å². The molecule has 0 spiro atoms. The Bertz CT molecular complexity index is 1520. The SMILES string of the molecule is Cl.[2H]Cc1cc(O)cc(C[2H])c1C[C@H](N[2H])C(=O)N[C@@H](CCSC)C(=O)NCC(=O)N[C@@H](Cc1c(C)cc(C)cc1C)C(=O)NCCCCCC(=O)OC. The number of carbonyl (C=O) groups is 5. The van der Waals surface area contributed by atoms with Gasteiger partial charge in [-0.1, -0.05) is 24.1 Å². The van der Waals surface area contributed by atoms with Gasteiger partial charge in [0.05, 0.1) is 19.7 Å². The van der Waals surface area contributed by atoms with Crippen LogP contribution in [0.5, 0.6) is 5.75 Å². The molecule has 0 unspecified atom stereocenters. The van der Waals surface area contributed by atoms with Crippen molar-refractivity contribution in [2.24, 2.45) is 5.73 Å². The molecule has 2 rings (SSSR count). The van der Waals surface area contributed by atoms with Gasteiger partial charge in [0.15, 0.2) is 0 Å². The van der Waals surface area contributed by atoms with Crippen LogP contribution in [0, 0.1) is 34.6 Å². The summed E-state index contributed by atoms with van der Waals surface area (Å²) in [6.45, 7) is 5.38. The number of aromatic hydroxyl groups is 1. The van der Waals surface area contributed by atoms with E-state index >= 15 is 0 Å². The Morgan fingerprint density at radius 2 is 1.49 bits per heavy atom. The van der Waals surface area contributed by atoms with E-state index in [1.165, 1.54) is 31.0 Å². The lowest BCUT2D eigenvalue weighted by atomic mass is 9.94. The third-order valence-electron chi connectivity index (χ3n) is 8.30. The number of halogens is 1. The van der Waals surface area contributed by atoms with Crippen LogP contribution in [0.25, 0.3) is 0 Å². The maximum Gasteiger partial charge on any atom is 0.305 e. The number of methoxy groups -OCH3 is 1. The molecule has 14 heteroatoms. The van der Waals surface area contributed by atoms with Crippen LogP contribution in [-0.2, 0) is 41.6 Å². The molecule has 0 radical (unpaired) electrons. The summed E-state index contributed by atoms with van der Waals surface area (Å²) in [6, 6.07) is 3.70. The van der Waals surface area contributed by atoms with Crippen LogP contribution < -0.4 is 27.0 Å². The van der Waals surface area contributed by atoms with E-state index in [1.807, 2.05) is 39.2 Å². The minimum atomic E-state index is -1.14. The molecule has 0 saturated carbocycles. The number of benzene rings is 2. The first kappa shape index (κ1) is 40.0. The molecular weight excluding hydrogens is 694 g/mol.